The van der Waals surface area contributed by atoms with Gasteiger partial charge in [-0.15, -0.1) is 0 Å². The highest BCUT2D eigenvalue weighted by atomic mass is 79.9. The van der Waals surface area contributed by atoms with Gasteiger partial charge in [0.15, 0.2) is 0 Å². The first-order valence-corrected chi connectivity index (χ1v) is 7.96. The number of benzene rings is 3. The van der Waals surface area contributed by atoms with Gasteiger partial charge in [0.25, 0.3) is 0 Å². The summed E-state index contributed by atoms with van der Waals surface area (Å²) in [5, 5.41) is 2.63. The van der Waals surface area contributed by atoms with Crippen LogP contribution >= 0.6 is 15.9 Å². The Hall–Kier alpha value is -1.86. The lowest BCUT2D eigenvalue weighted by Crippen LogP contribution is -2.20. The van der Waals surface area contributed by atoms with Gasteiger partial charge in [-0.05, 0) is 40.5 Å². The Bertz CT molecular complexity index is 871. The summed E-state index contributed by atoms with van der Waals surface area (Å²) in [6.07, 6.45) is 4.56. The normalized spacial score (nSPS) is 19.9. The smallest absolute Gasteiger partial charge is 0.0380 e. The van der Waals surface area contributed by atoms with Crippen molar-refractivity contribution in [1.82, 2.24) is 0 Å². The molecule has 102 valence electrons. The summed E-state index contributed by atoms with van der Waals surface area (Å²) in [6.45, 7) is 2.31. The largest absolute Gasteiger partial charge is 0.0692 e. The van der Waals surface area contributed by atoms with E-state index in [1.807, 2.05) is 0 Å². The molecule has 1 aliphatic carbocycles. The first kappa shape index (κ1) is 12.8. The summed E-state index contributed by atoms with van der Waals surface area (Å²) in [5.74, 6) is 0. The van der Waals surface area contributed by atoms with Gasteiger partial charge < -0.3 is 0 Å². The fraction of sp³-hybridized carbons (Fsp3) is 0.100. The van der Waals surface area contributed by atoms with E-state index in [1.165, 1.54) is 31.9 Å². The Balaban J connectivity index is 2.05. The molecule has 21 heavy (non-hydrogen) atoms. The van der Waals surface area contributed by atoms with Gasteiger partial charge in [-0.25, -0.2) is 0 Å². The highest BCUT2D eigenvalue weighted by Crippen LogP contribution is 2.46. The SMILES string of the molecule is CC1(c2cccc3ccccc23)C=Cc2cccc(Br)c21. The van der Waals surface area contributed by atoms with Crippen molar-refractivity contribution in [2.45, 2.75) is 12.3 Å². The van der Waals surface area contributed by atoms with Crippen LogP contribution in [-0.4, -0.2) is 0 Å². The molecule has 0 saturated carbocycles. The van der Waals surface area contributed by atoms with Crippen LogP contribution < -0.4 is 0 Å². The molecule has 0 aliphatic heterocycles. The third kappa shape index (κ3) is 1.81. The lowest BCUT2D eigenvalue weighted by atomic mass is 9.76. The predicted octanol–water partition coefficient (Wildman–Crippen LogP) is 5.94. The molecule has 0 fully saturated rings. The van der Waals surface area contributed by atoms with E-state index in [0.29, 0.717) is 0 Å². The zero-order chi connectivity index (χ0) is 14.4. The minimum atomic E-state index is -0.0870. The molecule has 1 unspecified atom stereocenters. The molecule has 0 nitrogen and oxygen atoms in total. The molecule has 0 amide bonds. The van der Waals surface area contributed by atoms with E-state index in [1.54, 1.807) is 0 Å². The van der Waals surface area contributed by atoms with Crippen LogP contribution in [0.25, 0.3) is 16.8 Å². The molecule has 0 saturated heterocycles. The highest BCUT2D eigenvalue weighted by molar-refractivity contribution is 9.10. The second-order valence-electron chi connectivity index (χ2n) is 5.77. The second-order valence-corrected chi connectivity index (χ2v) is 6.62. The van der Waals surface area contributed by atoms with E-state index in [4.69, 9.17) is 0 Å². The molecule has 3 aromatic rings. The van der Waals surface area contributed by atoms with Crippen molar-refractivity contribution in [2.24, 2.45) is 0 Å². The Morgan fingerprint density at radius 3 is 2.52 bits per heavy atom. The summed E-state index contributed by atoms with van der Waals surface area (Å²) in [4.78, 5) is 0. The molecule has 4 rings (SSSR count). The summed E-state index contributed by atoms with van der Waals surface area (Å²) < 4.78 is 1.18. The average molecular weight is 335 g/mol. The Morgan fingerprint density at radius 2 is 1.62 bits per heavy atom. The van der Waals surface area contributed by atoms with Crippen LogP contribution in [0.1, 0.15) is 23.6 Å². The molecule has 1 heteroatoms. The van der Waals surface area contributed by atoms with Crippen LogP contribution in [0, 0.1) is 0 Å². The Morgan fingerprint density at radius 1 is 0.857 bits per heavy atom. The number of hydrogen-bond acceptors (Lipinski definition) is 0. The Kier molecular flexibility index (Phi) is 2.80. The van der Waals surface area contributed by atoms with Gasteiger partial charge in [-0.3, -0.25) is 0 Å². The van der Waals surface area contributed by atoms with E-state index in [0.717, 1.165) is 0 Å². The van der Waals surface area contributed by atoms with Crippen LogP contribution in [0.2, 0.25) is 0 Å². The highest BCUT2D eigenvalue weighted by Gasteiger charge is 2.34. The lowest BCUT2D eigenvalue weighted by molar-refractivity contribution is 0.742. The second kappa shape index (κ2) is 4.57. The van der Waals surface area contributed by atoms with Gasteiger partial charge in [0.1, 0.15) is 0 Å². The van der Waals surface area contributed by atoms with Gasteiger partial charge in [-0.1, -0.05) is 82.7 Å². The van der Waals surface area contributed by atoms with E-state index < -0.39 is 0 Å². The summed E-state index contributed by atoms with van der Waals surface area (Å²) in [7, 11) is 0. The molecule has 0 spiro atoms. The quantitative estimate of drug-likeness (QED) is 0.517. The number of halogens is 1. The topological polar surface area (TPSA) is 0 Å². The fourth-order valence-electron chi connectivity index (χ4n) is 3.47. The zero-order valence-corrected chi connectivity index (χ0v) is 13.4. The average Bonchev–Trinajstić information content (AvgIpc) is 2.86. The molecule has 0 heterocycles. The summed E-state index contributed by atoms with van der Waals surface area (Å²) in [6, 6.07) is 21.6. The number of rotatable bonds is 1. The first-order chi connectivity index (χ1) is 10.2. The van der Waals surface area contributed by atoms with Crippen LogP contribution in [0.4, 0.5) is 0 Å². The standard InChI is InChI=1S/C20H15Br/c1-20(13-12-15-8-5-11-18(21)19(15)20)17-10-4-7-14-6-2-3-9-16(14)17/h2-13H,1H3. The maximum atomic E-state index is 3.74. The van der Waals surface area contributed by atoms with Crippen molar-refractivity contribution in [3.8, 4) is 0 Å². The molecule has 0 radical (unpaired) electrons. The monoisotopic (exact) mass is 334 g/mol. The van der Waals surface area contributed by atoms with Crippen molar-refractivity contribution in [3.05, 3.63) is 87.9 Å². The van der Waals surface area contributed by atoms with E-state index in [-0.39, 0.29) is 5.41 Å². The molecular formula is C20H15Br. The van der Waals surface area contributed by atoms with Gasteiger partial charge >= 0.3 is 0 Å². The van der Waals surface area contributed by atoms with Crippen molar-refractivity contribution in [2.75, 3.05) is 0 Å². The summed E-state index contributed by atoms with van der Waals surface area (Å²) in [5.41, 5.74) is 3.94. The van der Waals surface area contributed by atoms with Gasteiger partial charge in [0.2, 0.25) is 0 Å². The van der Waals surface area contributed by atoms with E-state index >= 15 is 0 Å². The predicted molar refractivity (Wildman–Crippen MR) is 93.6 cm³/mol. The van der Waals surface area contributed by atoms with Crippen LogP contribution in [0.5, 0.6) is 0 Å². The lowest BCUT2D eigenvalue weighted by Gasteiger charge is -2.27. The van der Waals surface area contributed by atoms with E-state index in [2.05, 4.69) is 95.7 Å². The van der Waals surface area contributed by atoms with Gasteiger partial charge in [0, 0.05) is 9.89 Å². The maximum absolute atomic E-state index is 3.74. The van der Waals surface area contributed by atoms with Crippen LogP contribution in [-0.2, 0) is 5.41 Å². The number of fused-ring (bicyclic) bond motifs is 2. The minimum absolute atomic E-state index is 0.0870. The number of allylic oxidation sites excluding steroid dienone is 1. The third-order valence-electron chi connectivity index (χ3n) is 4.51. The van der Waals surface area contributed by atoms with Crippen molar-refractivity contribution >= 4 is 32.8 Å². The number of hydrogen-bond donors (Lipinski definition) is 0. The van der Waals surface area contributed by atoms with Gasteiger partial charge in [-0.2, -0.15) is 0 Å². The van der Waals surface area contributed by atoms with E-state index in [9.17, 15) is 0 Å². The maximum Gasteiger partial charge on any atom is 0.0380 e. The molecular weight excluding hydrogens is 320 g/mol. The minimum Gasteiger partial charge on any atom is -0.0692 e. The molecule has 0 N–H and O–H groups in total. The third-order valence-corrected chi connectivity index (χ3v) is 5.17. The molecule has 0 bridgehead atoms. The Labute approximate surface area is 133 Å². The molecule has 0 aromatic heterocycles. The first-order valence-electron chi connectivity index (χ1n) is 7.17. The van der Waals surface area contributed by atoms with Crippen molar-refractivity contribution in [3.63, 3.8) is 0 Å². The van der Waals surface area contributed by atoms with Crippen LogP contribution in [0.15, 0.2) is 71.2 Å². The van der Waals surface area contributed by atoms with Crippen molar-refractivity contribution in [1.29, 1.82) is 0 Å². The molecule has 1 atom stereocenters. The zero-order valence-electron chi connectivity index (χ0n) is 11.8. The molecule has 3 aromatic carbocycles. The fourth-order valence-corrected chi connectivity index (χ4v) is 4.26. The molecule has 1 aliphatic rings. The summed E-state index contributed by atoms with van der Waals surface area (Å²) >= 11 is 3.74. The van der Waals surface area contributed by atoms with Gasteiger partial charge in [0.05, 0.1) is 0 Å². The van der Waals surface area contributed by atoms with Crippen LogP contribution in [0.3, 0.4) is 0 Å². The van der Waals surface area contributed by atoms with Crippen molar-refractivity contribution < 1.29 is 0 Å².